The van der Waals surface area contributed by atoms with Crippen LogP contribution in [0, 0.1) is 0 Å². The average Bonchev–Trinajstić information content (AvgIpc) is 2.41. The summed E-state index contributed by atoms with van der Waals surface area (Å²) in [6, 6.07) is 9.83. The van der Waals surface area contributed by atoms with E-state index < -0.39 is 18.2 Å². The molecule has 0 aliphatic carbocycles. The van der Waals surface area contributed by atoms with Crippen molar-refractivity contribution in [3.63, 3.8) is 0 Å². The second kappa shape index (κ2) is 7.92. The molecule has 0 saturated carbocycles. The van der Waals surface area contributed by atoms with Crippen LogP contribution in [0.1, 0.15) is 32.4 Å². The molecule has 4 nitrogen and oxygen atoms in total. The van der Waals surface area contributed by atoms with E-state index in [-0.39, 0.29) is 23.5 Å². The van der Waals surface area contributed by atoms with E-state index >= 15 is 0 Å². The van der Waals surface area contributed by atoms with Crippen molar-refractivity contribution < 1.29 is 17.6 Å². The van der Waals surface area contributed by atoms with Gasteiger partial charge in [-0.3, -0.25) is 0 Å². The highest BCUT2D eigenvalue weighted by Gasteiger charge is 2.37. The minimum absolute atomic E-state index is 0.0242. The summed E-state index contributed by atoms with van der Waals surface area (Å²) in [4.78, 5) is 0. The molecule has 0 saturated heterocycles. The number of benzene rings is 1. The van der Waals surface area contributed by atoms with E-state index in [1.807, 2.05) is 30.3 Å². The van der Waals surface area contributed by atoms with Gasteiger partial charge in [-0.25, -0.2) is 8.42 Å². The van der Waals surface area contributed by atoms with E-state index in [2.05, 4.69) is 33.9 Å². The second-order valence-electron chi connectivity index (χ2n) is 7.47. The Kier molecular flexibility index (Phi) is 7.01. The number of sulfone groups is 1. The smallest absolute Gasteiger partial charge is 0.192 e. The van der Waals surface area contributed by atoms with Gasteiger partial charge in [0, 0.05) is 6.26 Å². The Hall–Kier alpha value is -0.693. The fraction of sp³-hybridized carbons (Fsp3) is 0.647. The van der Waals surface area contributed by atoms with Gasteiger partial charge in [-0.05, 0) is 23.7 Å². The second-order valence-corrected chi connectivity index (χ2v) is 14.5. The minimum atomic E-state index is -3.03. The first-order valence-electron chi connectivity index (χ1n) is 7.91. The monoisotopic (exact) mass is 358 g/mol. The molecule has 0 aliphatic rings. The standard InChI is InChI=1S/C17H30O4SSi/c1-17(2,3)23(5,6)21-14-16(15-10-8-7-9-11-15)20-12-13-22(4,18)19/h7-11,16H,12-14H2,1-6H3. The Labute approximate surface area is 142 Å². The van der Waals surface area contributed by atoms with E-state index in [9.17, 15) is 8.42 Å². The quantitative estimate of drug-likeness (QED) is 0.663. The van der Waals surface area contributed by atoms with Crippen molar-refractivity contribution in [2.24, 2.45) is 0 Å². The summed E-state index contributed by atoms with van der Waals surface area (Å²) in [6.45, 7) is 11.6. The Bertz CT molecular complexity index is 576. The number of ether oxygens (including phenoxy) is 1. The van der Waals surface area contributed by atoms with Crippen LogP contribution in [0.5, 0.6) is 0 Å². The van der Waals surface area contributed by atoms with E-state index in [4.69, 9.17) is 9.16 Å². The lowest BCUT2D eigenvalue weighted by atomic mass is 10.1. The Morgan fingerprint density at radius 1 is 1.13 bits per heavy atom. The first-order valence-corrected chi connectivity index (χ1v) is 12.9. The predicted molar refractivity (Wildman–Crippen MR) is 98.0 cm³/mol. The molecule has 1 unspecified atom stereocenters. The van der Waals surface area contributed by atoms with Crippen molar-refractivity contribution in [1.29, 1.82) is 0 Å². The molecule has 0 amide bonds. The normalized spacial score (nSPS) is 14.7. The molecule has 23 heavy (non-hydrogen) atoms. The molecule has 0 bridgehead atoms. The lowest BCUT2D eigenvalue weighted by molar-refractivity contribution is 0.0236. The van der Waals surface area contributed by atoms with Gasteiger partial charge in [0.05, 0.1) is 19.0 Å². The van der Waals surface area contributed by atoms with Gasteiger partial charge in [0.15, 0.2) is 8.32 Å². The molecule has 6 heteroatoms. The highest BCUT2D eigenvalue weighted by Crippen LogP contribution is 2.37. The summed E-state index contributed by atoms with van der Waals surface area (Å²) >= 11 is 0. The van der Waals surface area contributed by atoms with Gasteiger partial charge >= 0.3 is 0 Å². The first kappa shape index (κ1) is 20.4. The van der Waals surface area contributed by atoms with Gasteiger partial charge in [0.1, 0.15) is 15.9 Å². The zero-order valence-electron chi connectivity index (χ0n) is 15.1. The Balaban J connectivity index is 2.77. The molecule has 1 rings (SSSR count). The van der Waals surface area contributed by atoms with Crippen LogP contribution in [0.4, 0.5) is 0 Å². The van der Waals surface area contributed by atoms with Crippen molar-refractivity contribution in [3.8, 4) is 0 Å². The molecule has 0 spiro atoms. The first-order chi connectivity index (χ1) is 10.4. The molecule has 0 radical (unpaired) electrons. The van der Waals surface area contributed by atoms with Crippen molar-refractivity contribution in [3.05, 3.63) is 35.9 Å². The summed E-state index contributed by atoms with van der Waals surface area (Å²) in [5, 5.41) is 0.126. The molecule has 1 atom stereocenters. The molecule has 1 aromatic rings. The van der Waals surface area contributed by atoms with Gasteiger partial charge in [-0.15, -0.1) is 0 Å². The summed E-state index contributed by atoms with van der Waals surface area (Å²) in [7, 11) is -4.90. The van der Waals surface area contributed by atoms with E-state index in [1.165, 1.54) is 6.26 Å². The SMILES string of the molecule is CC(C)(C)[Si](C)(C)OCC(OCCS(C)(=O)=O)c1ccccc1. The van der Waals surface area contributed by atoms with Crippen LogP contribution in [0.3, 0.4) is 0 Å². The number of hydrogen-bond donors (Lipinski definition) is 0. The van der Waals surface area contributed by atoms with Crippen molar-refractivity contribution >= 4 is 18.2 Å². The van der Waals surface area contributed by atoms with E-state index in [1.54, 1.807) is 0 Å². The third kappa shape index (κ3) is 7.16. The van der Waals surface area contributed by atoms with Crippen molar-refractivity contribution in [2.75, 3.05) is 25.2 Å². The Morgan fingerprint density at radius 2 is 1.70 bits per heavy atom. The van der Waals surface area contributed by atoms with Crippen LogP contribution in [0.25, 0.3) is 0 Å². The van der Waals surface area contributed by atoms with Crippen molar-refractivity contribution in [2.45, 2.75) is 45.0 Å². The largest absolute Gasteiger partial charge is 0.414 e. The third-order valence-corrected chi connectivity index (χ3v) is 9.76. The zero-order valence-corrected chi connectivity index (χ0v) is 16.9. The summed E-state index contributed by atoms with van der Waals surface area (Å²) in [5.74, 6) is 0.0242. The van der Waals surface area contributed by atoms with Crippen LogP contribution in [-0.4, -0.2) is 42.0 Å². The van der Waals surface area contributed by atoms with Crippen LogP contribution in [0.15, 0.2) is 30.3 Å². The molecule has 0 aromatic heterocycles. The summed E-state index contributed by atoms with van der Waals surface area (Å²) in [5.41, 5.74) is 1.01. The van der Waals surface area contributed by atoms with Crippen molar-refractivity contribution in [1.82, 2.24) is 0 Å². The molecule has 0 N–H and O–H groups in total. The fourth-order valence-corrected chi connectivity index (χ4v) is 3.15. The van der Waals surface area contributed by atoms with Gasteiger partial charge in [0.25, 0.3) is 0 Å². The molecular weight excluding hydrogens is 328 g/mol. The van der Waals surface area contributed by atoms with Gasteiger partial charge < -0.3 is 9.16 Å². The third-order valence-electron chi connectivity index (χ3n) is 4.35. The maximum Gasteiger partial charge on any atom is 0.192 e. The van der Waals surface area contributed by atoms with Crippen LogP contribution in [-0.2, 0) is 19.0 Å². The molecule has 0 aliphatic heterocycles. The molecule has 132 valence electrons. The Morgan fingerprint density at radius 3 is 2.17 bits per heavy atom. The number of hydrogen-bond acceptors (Lipinski definition) is 4. The lowest BCUT2D eigenvalue weighted by Crippen LogP contribution is -2.42. The van der Waals surface area contributed by atoms with Crippen LogP contribution < -0.4 is 0 Å². The van der Waals surface area contributed by atoms with Gasteiger partial charge in [0.2, 0.25) is 0 Å². The summed E-state index contributed by atoms with van der Waals surface area (Å²) in [6.07, 6.45) is 0.979. The van der Waals surface area contributed by atoms with Gasteiger partial charge in [-0.2, -0.15) is 0 Å². The molecule has 0 fully saturated rings. The maximum atomic E-state index is 11.3. The molecular formula is C17H30O4SSi. The fourth-order valence-electron chi connectivity index (χ4n) is 1.75. The lowest BCUT2D eigenvalue weighted by Gasteiger charge is -2.37. The van der Waals surface area contributed by atoms with E-state index in [0.29, 0.717) is 6.61 Å². The predicted octanol–water partition coefficient (Wildman–Crippen LogP) is 3.81. The highest BCUT2D eigenvalue weighted by molar-refractivity contribution is 7.90. The number of rotatable bonds is 8. The van der Waals surface area contributed by atoms with E-state index in [0.717, 1.165) is 5.56 Å². The van der Waals surface area contributed by atoms with Crippen LogP contribution in [0.2, 0.25) is 18.1 Å². The maximum absolute atomic E-state index is 11.3. The minimum Gasteiger partial charge on any atom is -0.414 e. The molecule has 1 aromatic carbocycles. The molecule has 0 heterocycles. The van der Waals surface area contributed by atoms with Gasteiger partial charge in [-0.1, -0.05) is 51.1 Å². The zero-order chi connectivity index (χ0) is 17.7. The topological polar surface area (TPSA) is 52.6 Å². The summed E-state index contributed by atoms with van der Waals surface area (Å²) < 4.78 is 34.7. The average molecular weight is 359 g/mol. The highest BCUT2D eigenvalue weighted by atomic mass is 32.2. The van der Waals surface area contributed by atoms with Crippen LogP contribution >= 0.6 is 0 Å².